The van der Waals surface area contributed by atoms with Crippen molar-refractivity contribution in [1.29, 1.82) is 0 Å². The molecule has 2 N–H and O–H groups in total. The Balaban J connectivity index is 3.20. The molecule has 26 heavy (non-hydrogen) atoms. The molecule has 0 saturated heterocycles. The van der Waals surface area contributed by atoms with Crippen LogP contribution in [0, 0.1) is 0 Å². The van der Waals surface area contributed by atoms with E-state index in [2.05, 4.69) is 24.2 Å². The largest absolute Gasteiger partial charge is 0.392 e. The summed E-state index contributed by atoms with van der Waals surface area (Å²) < 4.78 is 0. The maximum absolute atomic E-state index is 10.1. The molecule has 0 aliphatic carbocycles. The van der Waals surface area contributed by atoms with Gasteiger partial charge in [-0.3, -0.25) is 0 Å². The highest BCUT2D eigenvalue weighted by atomic mass is 16.3. The van der Waals surface area contributed by atoms with Gasteiger partial charge in [0.25, 0.3) is 0 Å². The molecule has 0 aliphatic heterocycles. The second kappa shape index (κ2) is 21.2. The molecule has 1 unspecified atom stereocenters. The summed E-state index contributed by atoms with van der Waals surface area (Å²) in [6.45, 7) is 5.23. The zero-order valence-electron chi connectivity index (χ0n) is 18.4. The lowest BCUT2D eigenvalue weighted by atomic mass is 10.0. The molecular formula is C23H50N2O. The van der Waals surface area contributed by atoms with Crippen molar-refractivity contribution in [2.45, 2.75) is 116 Å². The van der Waals surface area contributed by atoms with Gasteiger partial charge in [0, 0.05) is 6.54 Å². The van der Waals surface area contributed by atoms with E-state index in [1.54, 1.807) is 0 Å². The molecule has 0 aromatic rings. The van der Waals surface area contributed by atoms with Gasteiger partial charge in [0.15, 0.2) is 0 Å². The molecule has 0 saturated carbocycles. The van der Waals surface area contributed by atoms with Gasteiger partial charge in [0.05, 0.1) is 6.10 Å². The van der Waals surface area contributed by atoms with Crippen LogP contribution >= 0.6 is 0 Å². The maximum Gasteiger partial charge on any atom is 0.0667 e. The number of rotatable bonds is 21. The standard InChI is InChI=1S/C23H50N2O/c1-4-5-6-7-8-9-10-11-12-13-14-15-16-17-19-23(26)22-25(3)21-18-20-24-2/h23-24,26H,4-22H2,1-3H3. The highest BCUT2D eigenvalue weighted by Crippen LogP contribution is 2.13. The third-order valence-electron chi connectivity index (χ3n) is 5.38. The molecule has 0 bridgehead atoms. The van der Waals surface area contributed by atoms with Crippen LogP contribution in [0.2, 0.25) is 0 Å². The quantitative estimate of drug-likeness (QED) is 0.252. The average Bonchev–Trinajstić information content (AvgIpc) is 2.62. The van der Waals surface area contributed by atoms with E-state index in [0.29, 0.717) is 0 Å². The number of nitrogens with one attached hydrogen (secondary N) is 1. The van der Waals surface area contributed by atoms with Crippen LogP contribution in [0.15, 0.2) is 0 Å². The Morgan fingerprint density at radius 3 is 1.65 bits per heavy atom. The number of nitrogens with zero attached hydrogens (tertiary/aromatic N) is 1. The van der Waals surface area contributed by atoms with Crippen LogP contribution in [0.1, 0.15) is 110 Å². The Labute approximate surface area is 165 Å². The lowest BCUT2D eigenvalue weighted by Crippen LogP contribution is -2.31. The molecule has 0 amide bonds. The molecule has 0 spiro atoms. The van der Waals surface area contributed by atoms with Gasteiger partial charge in [-0.05, 0) is 40.0 Å². The van der Waals surface area contributed by atoms with Crippen molar-refractivity contribution < 1.29 is 5.11 Å². The lowest BCUT2D eigenvalue weighted by Gasteiger charge is -2.20. The first-order valence-electron chi connectivity index (χ1n) is 11.7. The van der Waals surface area contributed by atoms with E-state index in [1.165, 1.54) is 89.9 Å². The fourth-order valence-corrected chi connectivity index (χ4v) is 3.64. The van der Waals surface area contributed by atoms with Gasteiger partial charge in [-0.25, -0.2) is 0 Å². The molecule has 0 aromatic heterocycles. The van der Waals surface area contributed by atoms with Crippen LogP contribution in [0.3, 0.4) is 0 Å². The topological polar surface area (TPSA) is 35.5 Å². The normalized spacial score (nSPS) is 12.8. The average molecular weight is 371 g/mol. The van der Waals surface area contributed by atoms with Crippen molar-refractivity contribution in [3.8, 4) is 0 Å². The van der Waals surface area contributed by atoms with E-state index in [4.69, 9.17) is 0 Å². The second-order valence-corrected chi connectivity index (χ2v) is 8.26. The minimum atomic E-state index is -0.146. The number of unbranched alkanes of at least 4 members (excludes halogenated alkanes) is 13. The molecule has 0 rings (SSSR count). The van der Waals surface area contributed by atoms with Crippen LogP contribution in [0.25, 0.3) is 0 Å². The van der Waals surface area contributed by atoms with Crippen molar-refractivity contribution in [1.82, 2.24) is 10.2 Å². The van der Waals surface area contributed by atoms with Crippen molar-refractivity contribution in [3.63, 3.8) is 0 Å². The molecule has 158 valence electrons. The number of aliphatic hydroxyl groups excluding tert-OH is 1. The zero-order valence-corrected chi connectivity index (χ0v) is 18.4. The molecule has 0 heterocycles. The third-order valence-corrected chi connectivity index (χ3v) is 5.38. The lowest BCUT2D eigenvalue weighted by molar-refractivity contribution is 0.114. The summed E-state index contributed by atoms with van der Waals surface area (Å²) in [7, 11) is 4.11. The second-order valence-electron chi connectivity index (χ2n) is 8.26. The first-order chi connectivity index (χ1) is 12.7. The number of aliphatic hydroxyl groups is 1. The smallest absolute Gasteiger partial charge is 0.0667 e. The monoisotopic (exact) mass is 370 g/mol. The Kier molecular flexibility index (Phi) is 21.1. The number of hydrogen-bond donors (Lipinski definition) is 2. The molecule has 0 aromatic carbocycles. The molecule has 3 heteroatoms. The summed E-state index contributed by atoms with van der Waals surface area (Å²) in [6, 6.07) is 0. The van der Waals surface area contributed by atoms with E-state index in [9.17, 15) is 5.11 Å². The summed E-state index contributed by atoms with van der Waals surface area (Å²) >= 11 is 0. The van der Waals surface area contributed by atoms with Crippen LogP contribution in [0.5, 0.6) is 0 Å². The minimum absolute atomic E-state index is 0.146. The highest BCUT2D eigenvalue weighted by Gasteiger charge is 2.07. The molecule has 0 radical (unpaired) electrons. The van der Waals surface area contributed by atoms with Crippen molar-refractivity contribution >= 4 is 0 Å². The van der Waals surface area contributed by atoms with Crippen molar-refractivity contribution in [2.24, 2.45) is 0 Å². The maximum atomic E-state index is 10.1. The van der Waals surface area contributed by atoms with Crippen molar-refractivity contribution in [3.05, 3.63) is 0 Å². The SMILES string of the molecule is CCCCCCCCCCCCCCCCC(O)CN(C)CCCNC. The first kappa shape index (κ1) is 25.9. The Morgan fingerprint density at radius 1 is 0.731 bits per heavy atom. The molecular weight excluding hydrogens is 320 g/mol. The van der Waals surface area contributed by atoms with Gasteiger partial charge in [0.1, 0.15) is 0 Å². The van der Waals surface area contributed by atoms with Gasteiger partial charge in [0.2, 0.25) is 0 Å². The van der Waals surface area contributed by atoms with E-state index in [-0.39, 0.29) is 6.10 Å². The third kappa shape index (κ3) is 20.2. The van der Waals surface area contributed by atoms with E-state index >= 15 is 0 Å². The predicted molar refractivity (Wildman–Crippen MR) is 117 cm³/mol. The van der Waals surface area contributed by atoms with Crippen LogP contribution in [-0.2, 0) is 0 Å². The zero-order chi connectivity index (χ0) is 19.3. The van der Waals surface area contributed by atoms with Crippen LogP contribution < -0.4 is 5.32 Å². The summed E-state index contributed by atoms with van der Waals surface area (Å²) in [4.78, 5) is 2.26. The summed E-state index contributed by atoms with van der Waals surface area (Å²) in [5.74, 6) is 0. The first-order valence-corrected chi connectivity index (χ1v) is 11.7. The Hall–Kier alpha value is -0.120. The van der Waals surface area contributed by atoms with Gasteiger partial charge >= 0.3 is 0 Å². The van der Waals surface area contributed by atoms with E-state index in [1.807, 2.05) is 7.05 Å². The van der Waals surface area contributed by atoms with Gasteiger partial charge in [-0.1, -0.05) is 96.8 Å². The van der Waals surface area contributed by atoms with Gasteiger partial charge in [-0.15, -0.1) is 0 Å². The molecule has 0 aliphatic rings. The van der Waals surface area contributed by atoms with E-state index < -0.39 is 0 Å². The van der Waals surface area contributed by atoms with Crippen molar-refractivity contribution in [2.75, 3.05) is 33.7 Å². The predicted octanol–water partition coefficient (Wildman–Crippen LogP) is 5.76. The minimum Gasteiger partial charge on any atom is -0.392 e. The van der Waals surface area contributed by atoms with E-state index in [0.717, 1.165) is 32.5 Å². The molecule has 1 atom stereocenters. The number of likely N-dealkylation sites (N-methyl/N-ethyl adjacent to an activating group) is 1. The highest BCUT2D eigenvalue weighted by molar-refractivity contribution is 4.62. The molecule has 3 nitrogen and oxygen atoms in total. The summed E-state index contributed by atoms with van der Waals surface area (Å²) in [5.41, 5.74) is 0. The van der Waals surface area contributed by atoms with Crippen LogP contribution in [0.4, 0.5) is 0 Å². The van der Waals surface area contributed by atoms with Gasteiger partial charge < -0.3 is 15.3 Å². The molecule has 0 fully saturated rings. The number of hydrogen-bond acceptors (Lipinski definition) is 3. The van der Waals surface area contributed by atoms with Gasteiger partial charge in [-0.2, -0.15) is 0 Å². The summed E-state index contributed by atoms with van der Waals surface area (Å²) in [5, 5.41) is 13.3. The fourth-order valence-electron chi connectivity index (χ4n) is 3.64. The fraction of sp³-hybridized carbons (Fsp3) is 1.00. The summed E-state index contributed by atoms with van der Waals surface area (Å²) in [6.07, 6.45) is 21.5. The Morgan fingerprint density at radius 2 is 1.19 bits per heavy atom. The Bertz CT molecular complexity index is 261. The van der Waals surface area contributed by atoms with Crippen LogP contribution in [-0.4, -0.2) is 49.8 Å².